The largest absolute Gasteiger partial charge is 0.354 e. The van der Waals surface area contributed by atoms with Crippen molar-refractivity contribution in [2.75, 3.05) is 43.4 Å². The maximum atomic E-state index is 12.5. The van der Waals surface area contributed by atoms with Crippen LogP contribution in [0.3, 0.4) is 0 Å². The van der Waals surface area contributed by atoms with Crippen molar-refractivity contribution in [1.82, 2.24) is 9.88 Å². The molecule has 1 fully saturated rings. The molecule has 0 aliphatic carbocycles. The lowest BCUT2D eigenvalue weighted by atomic mass is 10.1. The summed E-state index contributed by atoms with van der Waals surface area (Å²) in [5, 5.41) is 2.96. The molecule has 0 saturated carbocycles. The molecule has 0 bridgehead atoms. The number of thiophene rings is 1. The van der Waals surface area contributed by atoms with Crippen LogP contribution < -0.4 is 10.2 Å². The number of nitrogens with zero attached hydrogens (tertiary/aromatic N) is 3. The Kier molecular flexibility index (Phi) is 5.71. The van der Waals surface area contributed by atoms with Gasteiger partial charge in [-0.05, 0) is 44.2 Å². The van der Waals surface area contributed by atoms with Crippen molar-refractivity contribution >= 4 is 28.7 Å². The Morgan fingerprint density at radius 1 is 1.28 bits per heavy atom. The minimum Gasteiger partial charge on any atom is -0.354 e. The molecule has 3 heterocycles. The standard InChI is InChI=1S/C19H26N4OS/c1-4-5-15-12-17(25-14(15)2)19(24)21-16-6-7-18(20-13-16)23-10-8-22(3)9-11-23/h6-7,12-13H,4-5,8-11H2,1-3H3,(H,21,24). The fourth-order valence-electron chi connectivity index (χ4n) is 3.02. The van der Waals surface area contributed by atoms with Crippen LogP contribution in [0, 0.1) is 6.92 Å². The number of hydrogen-bond donors (Lipinski definition) is 1. The van der Waals surface area contributed by atoms with Gasteiger partial charge in [0.15, 0.2) is 0 Å². The topological polar surface area (TPSA) is 48.5 Å². The fourth-order valence-corrected chi connectivity index (χ4v) is 3.99. The Balaban J connectivity index is 1.63. The van der Waals surface area contributed by atoms with Gasteiger partial charge < -0.3 is 15.1 Å². The van der Waals surface area contributed by atoms with E-state index in [9.17, 15) is 4.79 Å². The van der Waals surface area contributed by atoms with Crippen molar-refractivity contribution in [3.05, 3.63) is 39.7 Å². The Labute approximate surface area is 153 Å². The summed E-state index contributed by atoms with van der Waals surface area (Å²) in [6.07, 6.45) is 3.87. The molecule has 6 heteroatoms. The number of aryl methyl sites for hydroxylation is 2. The minimum absolute atomic E-state index is 0.0513. The SMILES string of the molecule is CCCc1cc(C(=O)Nc2ccc(N3CCN(C)CC3)nc2)sc1C. The van der Waals surface area contributed by atoms with Gasteiger partial charge in [-0.1, -0.05) is 13.3 Å². The summed E-state index contributed by atoms with van der Waals surface area (Å²) in [6, 6.07) is 5.94. The quantitative estimate of drug-likeness (QED) is 0.890. The number of carbonyl (C=O) groups excluding carboxylic acids is 1. The molecule has 134 valence electrons. The zero-order chi connectivity index (χ0) is 17.8. The molecule has 5 nitrogen and oxygen atoms in total. The summed E-state index contributed by atoms with van der Waals surface area (Å²) >= 11 is 1.56. The predicted octanol–water partition coefficient (Wildman–Crippen LogP) is 3.41. The first-order valence-corrected chi connectivity index (χ1v) is 9.68. The number of amides is 1. The first kappa shape index (κ1) is 17.9. The van der Waals surface area contributed by atoms with Gasteiger partial charge in [-0.15, -0.1) is 11.3 Å². The molecule has 1 amide bonds. The van der Waals surface area contributed by atoms with Gasteiger partial charge in [-0.2, -0.15) is 0 Å². The van der Waals surface area contributed by atoms with Crippen molar-refractivity contribution in [2.45, 2.75) is 26.7 Å². The monoisotopic (exact) mass is 358 g/mol. The first-order chi connectivity index (χ1) is 12.1. The second-order valence-electron chi connectivity index (χ2n) is 6.59. The lowest BCUT2D eigenvalue weighted by Gasteiger charge is -2.33. The third kappa shape index (κ3) is 4.38. The number of pyridine rings is 1. The van der Waals surface area contributed by atoms with E-state index in [0.29, 0.717) is 0 Å². The van der Waals surface area contributed by atoms with Crippen LogP contribution in [-0.4, -0.2) is 49.0 Å². The highest BCUT2D eigenvalue weighted by Gasteiger charge is 2.16. The summed E-state index contributed by atoms with van der Waals surface area (Å²) in [7, 11) is 2.14. The highest BCUT2D eigenvalue weighted by molar-refractivity contribution is 7.14. The van der Waals surface area contributed by atoms with Gasteiger partial charge in [-0.3, -0.25) is 4.79 Å². The first-order valence-electron chi connectivity index (χ1n) is 8.87. The third-order valence-electron chi connectivity index (χ3n) is 4.60. The van der Waals surface area contributed by atoms with E-state index in [4.69, 9.17) is 0 Å². The zero-order valence-corrected chi connectivity index (χ0v) is 16.0. The Hall–Kier alpha value is -1.92. The molecule has 2 aromatic heterocycles. The molecule has 3 rings (SSSR count). The zero-order valence-electron chi connectivity index (χ0n) is 15.2. The van der Waals surface area contributed by atoms with Gasteiger partial charge in [0.2, 0.25) is 0 Å². The lowest BCUT2D eigenvalue weighted by Crippen LogP contribution is -2.44. The number of rotatable bonds is 5. The number of anilines is 2. The second-order valence-corrected chi connectivity index (χ2v) is 7.85. The number of carbonyl (C=O) groups is 1. The van der Waals surface area contributed by atoms with Crippen LogP contribution in [0.25, 0.3) is 0 Å². The maximum Gasteiger partial charge on any atom is 0.265 e. The van der Waals surface area contributed by atoms with E-state index in [-0.39, 0.29) is 5.91 Å². The van der Waals surface area contributed by atoms with Crippen LogP contribution in [0.4, 0.5) is 11.5 Å². The van der Waals surface area contributed by atoms with Crippen LogP contribution in [0.15, 0.2) is 24.4 Å². The molecule has 0 radical (unpaired) electrons. The Bertz CT molecular complexity index is 718. The van der Waals surface area contributed by atoms with Gasteiger partial charge in [0, 0.05) is 31.1 Å². The maximum absolute atomic E-state index is 12.5. The van der Waals surface area contributed by atoms with E-state index >= 15 is 0 Å². The third-order valence-corrected chi connectivity index (χ3v) is 5.69. The summed E-state index contributed by atoms with van der Waals surface area (Å²) in [4.78, 5) is 23.6. The number of aromatic nitrogens is 1. The molecule has 1 aliphatic rings. The number of nitrogens with one attached hydrogen (secondary N) is 1. The molecule has 0 spiro atoms. The average molecular weight is 359 g/mol. The molecule has 1 aliphatic heterocycles. The highest BCUT2D eigenvalue weighted by Crippen LogP contribution is 2.24. The van der Waals surface area contributed by atoms with E-state index in [1.807, 2.05) is 18.2 Å². The lowest BCUT2D eigenvalue weighted by molar-refractivity contribution is 0.103. The van der Waals surface area contributed by atoms with Crippen LogP contribution in [-0.2, 0) is 6.42 Å². The number of hydrogen-bond acceptors (Lipinski definition) is 5. The molecule has 1 N–H and O–H groups in total. The molecule has 0 unspecified atom stereocenters. The smallest absolute Gasteiger partial charge is 0.265 e. The summed E-state index contributed by atoms with van der Waals surface area (Å²) in [5.41, 5.74) is 2.02. The molecular formula is C19H26N4OS. The summed E-state index contributed by atoms with van der Waals surface area (Å²) in [5.74, 6) is 0.924. The van der Waals surface area contributed by atoms with E-state index in [0.717, 1.165) is 55.4 Å². The molecule has 0 aromatic carbocycles. The Morgan fingerprint density at radius 2 is 2.04 bits per heavy atom. The van der Waals surface area contributed by atoms with Crippen LogP contribution in [0.5, 0.6) is 0 Å². The van der Waals surface area contributed by atoms with E-state index in [2.05, 4.69) is 41.0 Å². The predicted molar refractivity (Wildman–Crippen MR) is 105 cm³/mol. The van der Waals surface area contributed by atoms with Crippen molar-refractivity contribution < 1.29 is 4.79 Å². The van der Waals surface area contributed by atoms with Crippen LogP contribution >= 0.6 is 11.3 Å². The van der Waals surface area contributed by atoms with E-state index in [1.165, 1.54) is 10.4 Å². The van der Waals surface area contributed by atoms with Crippen molar-refractivity contribution in [3.63, 3.8) is 0 Å². The molecule has 1 saturated heterocycles. The highest BCUT2D eigenvalue weighted by atomic mass is 32.1. The average Bonchev–Trinajstić information content (AvgIpc) is 2.98. The Morgan fingerprint density at radius 3 is 2.68 bits per heavy atom. The van der Waals surface area contributed by atoms with Gasteiger partial charge >= 0.3 is 0 Å². The number of piperazine rings is 1. The van der Waals surface area contributed by atoms with Crippen LogP contribution in [0.1, 0.15) is 33.5 Å². The van der Waals surface area contributed by atoms with Crippen molar-refractivity contribution in [3.8, 4) is 0 Å². The molecule has 0 atom stereocenters. The van der Waals surface area contributed by atoms with Crippen molar-refractivity contribution in [2.24, 2.45) is 0 Å². The second kappa shape index (κ2) is 7.97. The minimum atomic E-state index is -0.0513. The molecule has 2 aromatic rings. The number of likely N-dealkylation sites (N-methyl/N-ethyl adjacent to an activating group) is 1. The molecule has 25 heavy (non-hydrogen) atoms. The fraction of sp³-hybridized carbons (Fsp3) is 0.474. The van der Waals surface area contributed by atoms with Crippen molar-refractivity contribution in [1.29, 1.82) is 0 Å². The van der Waals surface area contributed by atoms with Gasteiger partial charge in [0.05, 0.1) is 16.8 Å². The van der Waals surface area contributed by atoms with E-state index in [1.54, 1.807) is 17.5 Å². The normalized spacial score (nSPS) is 15.4. The summed E-state index contributed by atoms with van der Waals surface area (Å²) < 4.78 is 0. The molecular weight excluding hydrogens is 332 g/mol. The van der Waals surface area contributed by atoms with Gasteiger partial charge in [-0.25, -0.2) is 4.98 Å². The van der Waals surface area contributed by atoms with E-state index < -0.39 is 0 Å². The summed E-state index contributed by atoms with van der Waals surface area (Å²) in [6.45, 7) is 8.33. The van der Waals surface area contributed by atoms with Gasteiger partial charge in [0.25, 0.3) is 5.91 Å². The van der Waals surface area contributed by atoms with Gasteiger partial charge in [0.1, 0.15) is 5.82 Å². The van der Waals surface area contributed by atoms with Crippen LogP contribution in [0.2, 0.25) is 0 Å².